The summed E-state index contributed by atoms with van der Waals surface area (Å²) < 4.78 is 6.00. The summed E-state index contributed by atoms with van der Waals surface area (Å²) in [6, 6.07) is 0. The van der Waals surface area contributed by atoms with Crippen LogP contribution in [0.4, 0.5) is 0 Å². The molecule has 0 unspecified atom stereocenters. The SMILES string of the molecule is CCCCCCCCCCCCOC(=O)C[N+](C)(C)CC.[Cl-]. The van der Waals surface area contributed by atoms with Gasteiger partial charge in [-0.05, 0) is 13.3 Å². The van der Waals surface area contributed by atoms with Crippen LogP contribution in [0.25, 0.3) is 0 Å². The van der Waals surface area contributed by atoms with Gasteiger partial charge >= 0.3 is 5.97 Å². The zero-order valence-electron chi connectivity index (χ0n) is 15.3. The number of esters is 1. The van der Waals surface area contributed by atoms with Gasteiger partial charge in [-0.1, -0.05) is 64.7 Å². The van der Waals surface area contributed by atoms with E-state index in [2.05, 4.69) is 27.9 Å². The van der Waals surface area contributed by atoms with E-state index in [4.69, 9.17) is 4.74 Å². The molecule has 3 nitrogen and oxygen atoms in total. The summed E-state index contributed by atoms with van der Waals surface area (Å²) in [5.41, 5.74) is 0. The van der Waals surface area contributed by atoms with Crippen molar-refractivity contribution in [2.24, 2.45) is 0 Å². The zero-order chi connectivity index (χ0) is 16.0. The molecule has 22 heavy (non-hydrogen) atoms. The first kappa shape index (κ1) is 24.0. The Balaban J connectivity index is 0. The van der Waals surface area contributed by atoms with Gasteiger partial charge in [0.05, 0.1) is 27.2 Å². The molecule has 0 saturated carbocycles. The molecule has 0 aromatic rings. The van der Waals surface area contributed by atoms with Crippen LogP contribution in [0.3, 0.4) is 0 Å². The van der Waals surface area contributed by atoms with Crippen LogP contribution in [0.1, 0.15) is 78.1 Å². The molecular weight excluding hydrogens is 298 g/mol. The molecule has 0 bridgehead atoms. The minimum atomic E-state index is -0.0576. The fourth-order valence-electron chi connectivity index (χ4n) is 2.28. The maximum atomic E-state index is 11.6. The van der Waals surface area contributed by atoms with Gasteiger partial charge in [-0.2, -0.15) is 0 Å². The van der Waals surface area contributed by atoms with Gasteiger partial charge in [-0.15, -0.1) is 0 Å². The second-order valence-corrected chi connectivity index (χ2v) is 6.81. The monoisotopic (exact) mass is 335 g/mol. The lowest BCUT2D eigenvalue weighted by atomic mass is 10.1. The number of carbonyl (C=O) groups excluding carboxylic acids is 1. The predicted octanol–water partition coefficient (Wildman–Crippen LogP) is 1.55. The summed E-state index contributed by atoms with van der Waals surface area (Å²) >= 11 is 0. The van der Waals surface area contributed by atoms with Gasteiger partial charge in [0.2, 0.25) is 0 Å². The van der Waals surface area contributed by atoms with Crippen LogP contribution >= 0.6 is 0 Å². The van der Waals surface area contributed by atoms with Gasteiger partial charge in [0, 0.05) is 0 Å². The van der Waals surface area contributed by atoms with Gasteiger partial charge in [0.15, 0.2) is 6.54 Å². The van der Waals surface area contributed by atoms with Crippen molar-refractivity contribution in [1.82, 2.24) is 0 Å². The first-order valence-corrected chi connectivity index (χ1v) is 8.99. The highest BCUT2D eigenvalue weighted by atomic mass is 35.5. The van der Waals surface area contributed by atoms with Crippen LogP contribution in [0.5, 0.6) is 0 Å². The zero-order valence-corrected chi connectivity index (χ0v) is 16.1. The highest BCUT2D eigenvalue weighted by Gasteiger charge is 2.18. The Bertz CT molecular complexity index is 257. The Labute approximate surface area is 144 Å². The van der Waals surface area contributed by atoms with E-state index in [1.54, 1.807) is 0 Å². The van der Waals surface area contributed by atoms with E-state index in [-0.39, 0.29) is 18.4 Å². The molecule has 134 valence electrons. The van der Waals surface area contributed by atoms with Crippen LogP contribution in [0.15, 0.2) is 0 Å². The van der Waals surface area contributed by atoms with Crippen molar-refractivity contribution in [2.75, 3.05) is 33.8 Å². The molecular formula is C18H38ClNO2. The number of halogens is 1. The molecule has 0 saturated heterocycles. The predicted molar refractivity (Wildman–Crippen MR) is 90.3 cm³/mol. The number of likely N-dealkylation sites (N-methyl/N-ethyl adjacent to an activating group) is 1. The van der Waals surface area contributed by atoms with E-state index in [1.807, 2.05) is 0 Å². The summed E-state index contributed by atoms with van der Waals surface area (Å²) in [5, 5.41) is 0. The van der Waals surface area contributed by atoms with E-state index in [0.29, 0.717) is 17.6 Å². The third kappa shape index (κ3) is 16.1. The Morgan fingerprint density at radius 2 is 1.27 bits per heavy atom. The minimum Gasteiger partial charge on any atom is -1.00 e. The van der Waals surface area contributed by atoms with Crippen molar-refractivity contribution in [3.63, 3.8) is 0 Å². The summed E-state index contributed by atoms with van der Waals surface area (Å²) in [6.07, 6.45) is 13.1. The number of rotatable bonds is 14. The van der Waals surface area contributed by atoms with E-state index in [0.717, 1.165) is 13.0 Å². The fraction of sp³-hybridized carbons (Fsp3) is 0.944. The molecule has 0 fully saturated rings. The van der Waals surface area contributed by atoms with Gasteiger partial charge in [-0.25, -0.2) is 4.79 Å². The molecule has 4 heteroatoms. The average Bonchev–Trinajstić information content (AvgIpc) is 2.44. The molecule has 0 aliphatic rings. The maximum absolute atomic E-state index is 11.6. The van der Waals surface area contributed by atoms with E-state index < -0.39 is 0 Å². The normalized spacial score (nSPS) is 11.1. The van der Waals surface area contributed by atoms with Gasteiger partial charge < -0.3 is 21.6 Å². The van der Waals surface area contributed by atoms with Crippen LogP contribution < -0.4 is 12.4 Å². The number of nitrogens with zero attached hydrogens (tertiary/aromatic N) is 1. The molecule has 0 amide bonds. The second-order valence-electron chi connectivity index (χ2n) is 6.81. The first-order valence-electron chi connectivity index (χ1n) is 8.99. The molecule has 0 aliphatic carbocycles. The quantitative estimate of drug-likeness (QED) is 0.273. The molecule has 0 atom stereocenters. The molecule has 0 radical (unpaired) electrons. The van der Waals surface area contributed by atoms with E-state index in [9.17, 15) is 4.79 Å². The number of ether oxygens (including phenoxy) is 1. The van der Waals surface area contributed by atoms with Crippen molar-refractivity contribution < 1.29 is 26.4 Å². The number of hydrogen-bond acceptors (Lipinski definition) is 2. The standard InChI is InChI=1S/C18H38NO2.ClH/c1-5-7-8-9-10-11-12-13-14-15-16-21-18(20)17-19(3,4)6-2;/h5-17H2,1-4H3;1H/q+1;/p-1. The number of carbonyl (C=O) groups is 1. The lowest BCUT2D eigenvalue weighted by Crippen LogP contribution is -3.00. The van der Waals surface area contributed by atoms with Crippen molar-refractivity contribution in [3.8, 4) is 0 Å². The third-order valence-electron chi connectivity index (χ3n) is 4.17. The Hall–Kier alpha value is -0.280. The molecule has 0 spiro atoms. The van der Waals surface area contributed by atoms with E-state index >= 15 is 0 Å². The number of hydrogen-bond donors (Lipinski definition) is 0. The largest absolute Gasteiger partial charge is 1.00 e. The minimum absolute atomic E-state index is 0. The first-order chi connectivity index (χ1) is 10.0. The van der Waals surface area contributed by atoms with Crippen molar-refractivity contribution in [3.05, 3.63) is 0 Å². The molecule has 0 N–H and O–H groups in total. The van der Waals surface area contributed by atoms with E-state index in [1.165, 1.54) is 57.8 Å². The second kappa shape index (κ2) is 15.6. The fourth-order valence-corrected chi connectivity index (χ4v) is 2.28. The number of quaternary nitrogens is 1. The summed E-state index contributed by atoms with van der Waals surface area (Å²) in [7, 11) is 4.11. The Kier molecular flexibility index (Phi) is 17.0. The van der Waals surface area contributed by atoms with Crippen LogP contribution in [-0.2, 0) is 9.53 Å². The van der Waals surface area contributed by atoms with Crippen LogP contribution in [-0.4, -0.2) is 44.2 Å². The van der Waals surface area contributed by atoms with Crippen LogP contribution in [0.2, 0.25) is 0 Å². The highest BCUT2D eigenvalue weighted by molar-refractivity contribution is 5.70. The third-order valence-corrected chi connectivity index (χ3v) is 4.17. The molecule has 0 aliphatic heterocycles. The summed E-state index contributed by atoms with van der Waals surface area (Å²) in [5.74, 6) is -0.0576. The van der Waals surface area contributed by atoms with Crippen molar-refractivity contribution in [2.45, 2.75) is 78.1 Å². The summed E-state index contributed by atoms with van der Waals surface area (Å²) in [6.45, 7) is 6.38. The van der Waals surface area contributed by atoms with Crippen LogP contribution in [0, 0.1) is 0 Å². The molecule has 0 aromatic carbocycles. The lowest BCUT2D eigenvalue weighted by molar-refractivity contribution is -0.881. The number of unbranched alkanes of at least 4 members (excludes halogenated alkanes) is 9. The molecule has 0 aromatic heterocycles. The summed E-state index contributed by atoms with van der Waals surface area (Å²) in [4.78, 5) is 11.6. The van der Waals surface area contributed by atoms with Gasteiger partial charge in [0.1, 0.15) is 0 Å². The highest BCUT2D eigenvalue weighted by Crippen LogP contribution is 2.10. The molecule has 0 rings (SSSR count). The van der Waals surface area contributed by atoms with Crippen molar-refractivity contribution in [1.29, 1.82) is 0 Å². The van der Waals surface area contributed by atoms with Gasteiger partial charge in [0.25, 0.3) is 0 Å². The Morgan fingerprint density at radius 1 is 0.818 bits per heavy atom. The van der Waals surface area contributed by atoms with Gasteiger partial charge in [-0.3, -0.25) is 0 Å². The lowest BCUT2D eigenvalue weighted by Gasteiger charge is -2.26. The Morgan fingerprint density at radius 3 is 1.73 bits per heavy atom. The topological polar surface area (TPSA) is 26.3 Å². The maximum Gasteiger partial charge on any atom is 0.361 e. The average molecular weight is 336 g/mol. The molecule has 0 heterocycles. The van der Waals surface area contributed by atoms with Crippen molar-refractivity contribution >= 4 is 5.97 Å². The smallest absolute Gasteiger partial charge is 0.361 e.